The van der Waals surface area contributed by atoms with Crippen LogP contribution in [0.25, 0.3) is 0 Å². The van der Waals surface area contributed by atoms with Gasteiger partial charge in [-0.05, 0) is 43.1 Å². The zero-order valence-electron chi connectivity index (χ0n) is 12.1. The Labute approximate surface area is 128 Å². The van der Waals surface area contributed by atoms with Gasteiger partial charge in [0.25, 0.3) is 0 Å². The zero-order valence-corrected chi connectivity index (χ0v) is 12.9. The fourth-order valence-corrected chi connectivity index (χ4v) is 4.72. The number of nitrogens with one attached hydrogen (secondary N) is 1. The number of hydrogen-bond donors (Lipinski definition) is 1. The fraction of sp³-hybridized carbons (Fsp3) is 0.500. The number of esters is 1. The fourth-order valence-electron chi connectivity index (χ4n) is 3.11. The third-order valence-electron chi connectivity index (χ3n) is 4.29. The van der Waals surface area contributed by atoms with E-state index in [0.29, 0.717) is 24.9 Å². The van der Waals surface area contributed by atoms with Gasteiger partial charge in [0, 0.05) is 13.1 Å². The molecule has 0 unspecified atom stereocenters. The standard InChI is InChI=1S/C14H17FN2O4S/c1-21-14(18)9-2-12(15)4-13(3-9)22(19,20)17-7-10-5-16-6-11(10)8-17/h2-4,10-11,16H,5-8H2,1H3/t10-,11+. The van der Waals surface area contributed by atoms with Crippen molar-refractivity contribution in [1.29, 1.82) is 0 Å². The van der Waals surface area contributed by atoms with Crippen LogP contribution in [0, 0.1) is 17.7 Å². The number of halogens is 1. The van der Waals surface area contributed by atoms with Crippen LogP contribution in [0.2, 0.25) is 0 Å². The molecule has 0 bridgehead atoms. The number of methoxy groups -OCH3 is 1. The predicted octanol–water partition coefficient (Wildman–Crippen LogP) is 0.452. The number of benzene rings is 1. The Balaban J connectivity index is 1.92. The van der Waals surface area contributed by atoms with Crippen molar-refractivity contribution in [2.24, 2.45) is 11.8 Å². The zero-order chi connectivity index (χ0) is 15.9. The van der Waals surface area contributed by atoms with Gasteiger partial charge in [0.05, 0.1) is 17.6 Å². The van der Waals surface area contributed by atoms with Crippen LogP contribution in [0.4, 0.5) is 4.39 Å². The maximum Gasteiger partial charge on any atom is 0.337 e. The molecule has 0 spiro atoms. The molecule has 22 heavy (non-hydrogen) atoms. The van der Waals surface area contributed by atoms with E-state index in [1.807, 2.05) is 0 Å². The van der Waals surface area contributed by atoms with Gasteiger partial charge in [-0.3, -0.25) is 0 Å². The second kappa shape index (κ2) is 5.60. The van der Waals surface area contributed by atoms with Gasteiger partial charge in [0.15, 0.2) is 0 Å². The lowest BCUT2D eigenvalue weighted by atomic mass is 10.0. The maximum atomic E-state index is 13.7. The number of hydrogen-bond acceptors (Lipinski definition) is 5. The molecule has 1 N–H and O–H groups in total. The van der Waals surface area contributed by atoms with Crippen molar-refractivity contribution in [3.63, 3.8) is 0 Å². The first kappa shape index (κ1) is 15.4. The van der Waals surface area contributed by atoms with Crippen LogP contribution in [-0.4, -0.2) is 52.0 Å². The quantitative estimate of drug-likeness (QED) is 0.816. The molecule has 1 aromatic rings. The number of fused-ring (bicyclic) bond motifs is 1. The summed E-state index contributed by atoms with van der Waals surface area (Å²) in [5.41, 5.74) is -0.109. The van der Waals surface area contributed by atoms with Gasteiger partial charge >= 0.3 is 5.97 Å². The first-order valence-corrected chi connectivity index (χ1v) is 8.45. The smallest absolute Gasteiger partial charge is 0.337 e. The summed E-state index contributed by atoms with van der Waals surface area (Å²) in [6.07, 6.45) is 0. The molecule has 0 aromatic heterocycles. The molecule has 2 heterocycles. The van der Waals surface area contributed by atoms with Crippen molar-refractivity contribution < 1.29 is 22.3 Å². The summed E-state index contributed by atoms with van der Waals surface area (Å²) in [4.78, 5) is 11.3. The number of carbonyl (C=O) groups is 1. The highest BCUT2D eigenvalue weighted by Crippen LogP contribution is 2.31. The van der Waals surface area contributed by atoms with E-state index < -0.39 is 21.8 Å². The van der Waals surface area contributed by atoms with E-state index in [1.165, 1.54) is 4.31 Å². The van der Waals surface area contributed by atoms with Crippen LogP contribution < -0.4 is 5.32 Å². The van der Waals surface area contributed by atoms with Crippen LogP contribution in [-0.2, 0) is 14.8 Å². The number of rotatable bonds is 3. The molecule has 0 amide bonds. The molecule has 2 fully saturated rings. The Morgan fingerprint density at radius 1 is 1.27 bits per heavy atom. The topological polar surface area (TPSA) is 75.7 Å². The minimum Gasteiger partial charge on any atom is -0.465 e. The van der Waals surface area contributed by atoms with Crippen molar-refractivity contribution >= 4 is 16.0 Å². The first-order valence-electron chi connectivity index (χ1n) is 7.01. The molecular weight excluding hydrogens is 311 g/mol. The van der Waals surface area contributed by atoms with E-state index in [1.54, 1.807) is 0 Å². The van der Waals surface area contributed by atoms with E-state index in [4.69, 9.17) is 0 Å². The summed E-state index contributed by atoms with van der Waals surface area (Å²) in [5, 5.41) is 3.23. The molecule has 2 atom stereocenters. The minimum atomic E-state index is -3.81. The third-order valence-corrected chi connectivity index (χ3v) is 6.10. The third kappa shape index (κ3) is 2.62. The second-order valence-corrected chi connectivity index (χ2v) is 7.61. The van der Waals surface area contributed by atoms with Crippen molar-refractivity contribution in [1.82, 2.24) is 9.62 Å². The lowest BCUT2D eigenvalue weighted by molar-refractivity contribution is 0.0600. The van der Waals surface area contributed by atoms with Crippen LogP contribution in [0.5, 0.6) is 0 Å². The molecule has 6 nitrogen and oxygen atoms in total. The van der Waals surface area contributed by atoms with Crippen molar-refractivity contribution in [2.45, 2.75) is 4.90 Å². The number of ether oxygens (including phenoxy) is 1. The number of sulfonamides is 1. The van der Waals surface area contributed by atoms with Crippen molar-refractivity contribution in [3.05, 3.63) is 29.6 Å². The van der Waals surface area contributed by atoms with Gasteiger partial charge in [0.2, 0.25) is 10.0 Å². The molecular formula is C14H17FN2O4S. The summed E-state index contributed by atoms with van der Waals surface area (Å²) in [5.74, 6) is -0.951. The van der Waals surface area contributed by atoms with Crippen molar-refractivity contribution in [2.75, 3.05) is 33.3 Å². The van der Waals surface area contributed by atoms with Gasteiger partial charge in [0.1, 0.15) is 5.82 Å². The Kier molecular flexibility index (Phi) is 3.92. The molecule has 3 rings (SSSR count). The van der Waals surface area contributed by atoms with Crippen LogP contribution >= 0.6 is 0 Å². The number of nitrogens with zero attached hydrogens (tertiary/aromatic N) is 1. The molecule has 2 saturated heterocycles. The monoisotopic (exact) mass is 328 g/mol. The molecule has 8 heteroatoms. The van der Waals surface area contributed by atoms with Gasteiger partial charge in [-0.15, -0.1) is 0 Å². The average molecular weight is 328 g/mol. The highest BCUT2D eigenvalue weighted by atomic mass is 32.2. The Morgan fingerprint density at radius 3 is 2.50 bits per heavy atom. The second-order valence-electron chi connectivity index (χ2n) is 5.67. The highest BCUT2D eigenvalue weighted by molar-refractivity contribution is 7.89. The summed E-state index contributed by atoms with van der Waals surface area (Å²) in [6, 6.07) is 3.07. The molecule has 2 aliphatic heterocycles. The average Bonchev–Trinajstić information content (AvgIpc) is 3.07. The van der Waals surface area contributed by atoms with Gasteiger partial charge in [-0.2, -0.15) is 4.31 Å². The number of carbonyl (C=O) groups excluding carboxylic acids is 1. The van der Waals surface area contributed by atoms with E-state index in [9.17, 15) is 17.6 Å². The summed E-state index contributed by atoms with van der Waals surface area (Å²) in [7, 11) is -2.65. The SMILES string of the molecule is COC(=O)c1cc(F)cc(S(=O)(=O)N2C[C@H]3CNC[C@H]3C2)c1. The van der Waals surface area contributed by atoms with Gasteiger partial charge < -0.3 is 10.1 Å². The molecule has 120 valence electrons. The highest BCUT2D eigenvalue weighted by Gasteiger charge is 2.41. The van der Waals surface area contributed by atoms with E-state index in [2.05, 4.69) is 10.1 Å². The van der Waals surface area contributed by atoms with E-state index in [-0.39, 0.29) is 10.5 Å². The van der Waals surface area contributed by atoms with E-state index in [0.717, 1.165) is 38.4 Å². The van der Waals surface area contributed by atoms with Crippen LogP contribution in [0.3, 0.4) is 0 Å². The van der Waals surface area contributed by atoms with Crippen LogP contribution in [0.1, 0.15) is 10.4 Å². The van der Waals surface area contributed by atoms with E-state index >= 15 is 0 Å². The molecule has 2 aliphatic rings. The molecule has 0 saturated carbocycles. The Hall–Kier alpha value is -1.51. The normalized spacial score (nSPS) is 25.2. The lowest BCUT2D eigenvalue weighted by Crippen LogP contribution is -2.32. The predicted molar refractivity (Wildman–Crippen MR) is 76.3 cm³/mol. The lowest BCUT2D eigenvalue weighted by Gasteiger charge is -2.18. The Bertz CT molecular complexity index is 695. The summed E-state index contributed by atoms with van der Waals surface area (Å²) in [6.45, 7) is 2.44. The Morgan fingerprint density at radius 2 is 1.91 bits per heavy atom. The van der Waals surface area contributed by atoms with Crippen LogP contribution in [0.15, 0.2) is 23.1 Å². The largest absolute Gasteiger partial charge is 0.465 e. The summed E-state index contributed by atoms with van der Waals surface area (Å²) < 4.78 is 44.9. The minimum absolute atomic E-state index is 0.109. The molecule has 1 aromatic carbocycles. The maximum absolute atomic E-state index is 13.7. The first-order chi connectivity index (χ1) is 10.4. The molecule has 0 aliphatic carbocycles. The van der Waals surface area contributed by atoms with Crippen molar-refractivity contribution in [3.8, 4) is 0 Å². The molecule has 0 radical (unpaired) electrons. The summed E-state index contributed by atoms with van der Waals surface area (Å²) >= 11 is 0. The van der Waals surface area contributed by atoms with Gasteiger partial charge in [-0.25, -0.2) is 17.6 Å². The van der Waals surface area contributed by atoms with Gasteiger partial charge in [-0.1, -0.05) is 0 Å².